The van der Waals surface area contributed by atoms with Crippen LogP contribution in [-0.2, 0) is 13.0 Å². The fraction of sp³-hybridized carbons (Fsp3) is 0.385. The predicted octanol–water partition coefficient (Wildman–Crippen LogP) is 2.68. The zero-order chi connectivity index (χ0) is 13.7. The Hall–Kier alpha value is -1.82. The SMILES string of the molecule is CN(CCc1ccccc1)Cc1nc(C(F)F)no1. The molecule has 0 spiro atoms. The Kier molecular flexibility index (Phi) is 4.57. The molecule has 19 heavy (non-hydrogen) atoms. The molecule has 0 radical (unpaired) electrons. The van der Waals surface area contributed by atoms with E-state index in [1.54, 1.807) is 0 Å². The van der Waals surface area contributed by atoms with Gasteiger partial charge in [0.05, 0.1) is 6.54 Å². The van der Waals surface area contributed by atoms with E-state index in [1.807, 2.05) is 30.1 Å². The van der Waals surface area contributed by atoms with Crippen molar-refractivity contribution < 1.29 is 13.3 Å². The number of alkyl halides is 2. The maximum Gasteiger partial charge on any atom is 0.300 e. The number of nitrogens with zero attached hydrogens (tertiary/aromatic N) is 3. The fourth-order valence-electron chi connectivity index (χ4n) is 1.70. The summed E-state index contributed by atoms with van der Waals surface area (Å²) in [6.07, 6.45) is -1.81. The second kappa shape index (κ2) is 6.38. The molecular weight excluding hydrogens is 252 g/mol. The Labute approximate surface area is 110 Å². The minimum atomic E-state index is -2.69. The number of benzene rings is 1. The molecule has 0 amide bonds. The molecule has 0 fully saturated rings. The van der Waals surface area contributed by atoms with E-state index < -0.39 is 12.2 Å². The summed E-state index contributed by atoms with van der Waals surface area (Å²) in [4.78, 5) is 5.59. The highest BCUT2D eigenvalue weighted by atomic mass is 19.3. The average Bonchev–Trinajstić information content (AvgIpc) is 2.86. The van der Waals surface area contributed by atoms with E-state index in [9.17, 15) is 8.78 Å². The average molecular weight is 267 g/mol. The first-order valence-corrected chi connectivity index (χ1v) is 5.98. The molecule has 0 bridgehead atoms. The van der Waals surface area contributed by atoms with Crippen LogP contribution < -0.4 is 0 Å². The van der Waals surface area contributed by atoms with Gasteiger partial charge in [0.25, 0.3) is 0 Å². The summed E-state index contributed by atoms with van der Waals surface area (Å²) in [5.41, 5.74) is 1.23. The van der Waals surface area contributed by atoms with Crippen LogP contribution in [0.2, 0.25) is 0 Å². The van der Waals surface area contributed by atoms with Crippen molar-refractivity contribution in [1.82, 2.24) is 15.0 Å². The zero-order valence-corrected chi connectivity index (χ0v) is 10.6. The summed E-state index contributed by atoms with van der Waals surface area (Å²) >= 11 is 0. The van der Waals surface area contributed by atoms with Crippen molar-refractivity contribution in [3.63, 3.8) is 0 Å². The van der Waals surface area contributed by atoms with Crippen LogP contribution >= 0.6 is 0 Å². The van der Waals surface area contributed by atoms with E-state index in [1.165, 1.54) is 5.56 Å². The van der Waals surface area contributed by atoms with Crippen LogP contribution in [0.1, 0.15) is 23.7 Å². The van der Waals surface area contributed by atoms with Gasteiger partial charge in [0.2, 0.25) is 11.7 Å². The lowest BCUT2D eigenvalue weighted by Crippen LogP contribution is -2.20. The predicted molar refractivity (Wildman–Crippen MR) is 65.7 cm³/mol. The van der Waals surface area contributed by atoms with Crippen LogP contribution in [0.4, 0.5) is 8.78 Å². The lowest BCUT2D eigenvalue weighted by Gasteiger charge is -2.13. The molecular formula is C13H15F2N3O. The molecule has 1 heterocycles. The van der Waals surface area contributed by atoms with Gasteiger partial charge in [-0.15, -0.1) is 0 Å². The van der Waals surface area contributed by atoms with Gasteiger partial charge in [0.1, 0.15) is 0 Å². The second-order valence-corrected chi connectivity index (χ2v) is 4.32. The molecule has 6 heteroatoms. The first-order chi connectivity index (χ1) is 9.15. The molecule has 102 valence electrons. The normalized spacial score (nSPS) is 11.4. The van der Waals surface area contributed by atoms with Crippen molar-refractivity contribution in [2.24, 2.45) is 0 Å². The van der Waals surface area contributed by atoms with Crippen molar-refractivity contribution in [3.05, 3.63) is 47.6 Å². The Morgan fingerprint density at radius 3 is 2.63 bits per heavy atom. The van der Waals surface area contributed by atoms with E-state index in [0.717, 1.165) is 13.0 Å². The van der Waals surface area contributed by atoms with Gasteiger partial charge in [0, 0.05) is 6.54 Å². The Morgan fingerprint density at radius 2 is 2.00 bits per heavy atom. The lowest BCUT2D eigenvalue weighted by atomic mass is 10.1. The molecule has 0 atom stereocenters. The molecule has 2 rings (SSSR count). The molecule has 0 N–H and O–H groups in total. The highest BCUT2D eigenvalue weighted by Gasteiger charge is 2.16. The highest BCUT2D eigenvalue weighted by molar-refractivity contribution is 5.14. The maximum absolute atomic E-state index is 12.3. The van der Waals surface area contributed by atoms with Gasteiger partial charge in [-0.1, -0.05) is 35.5 Å². The molecule has 0 saturated carbocycles. The third-order valence-corrected chi connectivity index (χ3v) is 2.71. The van der Waals surface area contributed by atoms with Gasteiger partial charge in [0.15, 0.2) is 0 Å². The fourth-order valence-corrected chi connectivity index (χ4v) is 1.70. The van der Waals surface area contributed by atoms with Crippen molar-refractivity contribution in [2.45, 2.75) is 19.4 Å². The van der Waals surface area contributed by atoms with Crippen molar-refractivity contribution in [1.29, 1.82) is 0 Å². The van der Waals surface area contributed by atoms with Gasteiger partial charge in [-0.2, -0.15) is 4.98 Å². The molecule has 0 unspecified atom stereocenters. The minimum Gasteiger partial charge on any atom is -0.338 e. The standard InChI is InChI=1S/C13H15F2N3O/c1-18(8-7-10-5-3-2-4-6-10)9-11-16-13(12(14)15)17-19-11/h2-6,12H,7-9H2,1H3. The largest absolute Gasteiger partial charge is 0.338 e. The van der Waals surface area contributed by atoms with E-state index in [4.69, 9.17) is 4.52 Å². The van der Waals surface area contributed by atoms with Gasteiger partial charge in [-0.25, -0.2) is 8.78 Å². The minimum absolute atomic E-state index is 0.214. The summed E-state index contributed by atoms with van der Waals surface area (Å²) in [6, 6.07) is 10.0. The van der Waals surface area contributed by atoms with Gasteiger partial charge in [-0.3, -0.25) is 4.90 Å². The van der Waals surface area contributed by atoms with Gasteiger partial charge < -0.3 is 4.52 Å². The van der Waals surface area contributed by atoms with Crippen LogP contribution in [0.25, 0.3) is 0 Å². The van der Waals surface area contributed by atoms with Crippen molar-refractivity contribution >= 4 is 0 Å². The van der Waals surface area contributed by atoms with E-state index in [0.29, 0.717) is 6.54 Å². The van der Waals surface area contributed by atoms with Crippen LogP contribution in [0.15, 0.2) is 34.9 Å². The molecule has 2 aromatic rings. The van der Waals surface area contributed by atoms with Crippen LogP contribution in [0.3, 0.4) is 0 Å². The van der Waals surface area contributed by atoms with E-state index >= 15 is 0 Å². The summed E-state index contributed by atoms with van der Waals surface area (Å²) in [5.74, 6) is -0.336. The molecule has 0 aliphatic carbocycles. The van der Waals surface area contributed by atoms with Crippen molar-refractivity contribution in [3.8, 4) is 0 Å². The Balaban J connectivity index is 1.82. The van der Waals surface area contributed by atoms with E-state index in [2.05, 4.69) is 22.3 Å². The monoisotopic (exact) mass is 267 g/mol. The Bertz CT molecular complexity index is 502. The number of aromatic nitrogens is 2. The zero-order valence-electron chi connectivity index (χ0n) is 10.6. The smallest absolute Gasteiger partial charge is 0.300 e. The van der Waals surface area contributed by atoms with Crippen LogP contribution in [-0.4, -0.2) is 28.6 Å². The third kappa shape index (κ3) is 4.10. The van der Waals surface area contributed by atoms with E-state index in [-0.39, 0.29) is 5.89 Å². The molecule has 1 aromatic heterocycles. The number of halogens is 2. The molecule has 0 aliphatic heterocycles. The number of likely N-dealkylation sites (N-methyl/N-ethyl adjacent to an activating group) is 1. The quantitative estimate of drug-likeness (QED) is 0.807. The van der Waals surface area contributed by atoms with Crippen LogP contribution in [0.5, 0.6) is 0 Å². The molecule has 4 nitrogen and oxygen atoms in total. The lowest BCUT2D eigenvalue weighted by molar-refractivity contribution is 0.136. The van der Waals surface area contributed by atoms with Crippen LogP contribution in [0, 0.1) is 0 Å². The maximum atomic E-state index is 12.3. The molecule has 0 aliphatic rings. The summed E-state index contributed by atoms with van der Waals surface area (Å²) in [5, 5.41) is 3.22. The molecule has 1 aromatic carbocycles. The number of hydrogen-bond acceptors (Lipinski definition) is 4. The number of rotatable bonds is 6. The molecule has 0 saturated heterocycles. The third-order valence-electron chi connectivity index (χ3n) is 2.71. The Morgan fingerprint density at radius 1 is 1.26 bits per heavy atom. The first kappa shape index (κ1) is 13.6. The highest BCUT2D eigenvalue weighted by Crippen LogP contribution is 2.15. The second-order valence-electron chi connectivity index (χ2n) is 4.32. The van der Waals surface area contributed by atoms with Gasteiger partial charge in [-0.05, 0) is 19.0 Å². The summed E-state index contributed by atoms with van der Waals surface area (Å²) in [6.45, 7) is 1.16. The van der Waals surface area contributed by atoms with Crippen molar-refractivity contribution in [2.75, 3.05) is 13.6 Å². The summed E-state index contributed by atoms with van der Waals surface area (Å²) in [7, 11) is 1.88. The first-order valence-electron chi connectivity index (χ1n) is 5.98. The van der Waals surface area contributed by atoms with Gasteiger partial charge >= 0.3 is 6.43 Å². The topological polar surface area (TPSA) is 42.2 Å². The summed E-state index contributed by atoms with van der Waals surface area (Å²) < 4.78 is 29.3. The number of hydrogen-bond donors (Lipinski definition) is 0.